The molecule has 0 heterocycles. The Labute approximate surface area is 121 Å². The molecule has 0 aromatic heterocycles. The molecule has 0 spiro atoms. The summed E-state index contributed by atoms with van der Waals surface area (Å²) in [6.45, 7) is 4.31. The normalized spacial score (nSPS) is 13.7. The Morgan fingerprint density at radius 1 is 1.10 bits per heavy atom. The fourth-order valence-corrected chi connectivity index (χ4v) is 2.12. The van der Waals surface area contributed by atoms with Gasteiger partial charge in [0.05, 0.1) is 6.61 Å². The first-order valence-corrected chi connectivity index (χ1v) is 6.70. The van der Waals surface area contributed by atoms with Gasteiger partial charge in [0.1, 0.15) is 5.75 Å². The minimum Gasteiger partial charge on any atom is -0.493 e. The minimum absolute atomic E-state index is 0.181. The molecule has 0 aliphatic heterocycles. The first kappa shape index (κ1) is 15.6. The summed E-state index contributed by atoms with van der Waals surface area (Å²) >= 11 is 0. The number of aliphatic hydroxyl groups excluding tert-OH is 1. The van der Waals surface area contributed by atoms with E-state index in [2.05, 4.69) is 0 Å². The standard InChI is InChI=1S/C16H17F3O2/c1-10(2)9-21-13-8-4-6-11-5-3-7-12(14(11)13)15(20)16(17,18)19/h3-8,10,15,20H,9H2,1-2H3. The third-order valence-corrected chi connectivity index (χ3v) is 3.08. The van der Waals surface area contributed by atoms with Gasteiger partial charge in [0.25, 0.3) is 0 Å². The van der Waals surface area contributed by atoms with Crippen molar-refractivity contribution < 1.29 is 23.0 Å². The van der Waals surface area contributed by atoms with E-state index in [9.17, 15) is 18.3 Å². The first-order chi connectivity index (χ1) is 9.80. The van der Waals surface area contributed by atoms with Crippen LogP contribution in [0.1, 0.15) is 25.5 Å². The number of benzene rings is 2. The molecule has 21 heavy (non-hydrogen) atoms. The second kappa shape index (κ2) is 5.93. The number of hydrogen-bond donors (Lipinski definition) is 1. The molecule has 1 N–H and O–H groups in total. The Morgan fingerprint density at radius 2 is 1.71 bits per heavy atom. The van der Waals surface area contributed by atoms with Crippen LogP contribution in [0.25, 0.3) is 10.8 Å². The zero-order valence-corrected chi connectivity index (χ0v) is 11.8. The number of fused-ring (bicyclic) bond motifs is 1. The lowest BCUT2D eigenvalue weighted by Gasteiger charge is -2.19. The summed E-state index contributed by atoms with van der Waals surface area (Å²) in [5.41, 5.74) is -0.181. The highest BCUT2D eigenvalue weighted by Crippen LogP contribution is 2.39. The lowest BCUT2D eigenvalue weighted by atomic mass is 9.99. The SMILES string of the molecule is CC(C)COc1cccc2cccc(C(O)C(F)(F)F)c12. The van der Waals surface area contributed by atoms with Gasteiger partial charge in [0.15, 0.2) is 6.10 Å². The summed E-state index contributed by atoms with van der Waals surface area (Å²) in [4.78, 5) is 0. The van der Waals surface area contributed by atoms with E-state index in [-0.39, 0.29) is 11.5 Å². The first-order valence-electron chi connectivity index (χ1n) is 6.70. The molecule has 0 amide bonds. The van der Waals surface area contributed by atoms with Gasteiger partial charge in [0, 0.05) is 10.9 Å². The van der Waals surface area contributed by atoms with Gasteiger partial charge >= 0.3 is 6.18 Å². The topological polar surface area (TPSA) is 29.5 Å². The predicted molar refractivity (Wildman–Crippen MR) is 75.3 cm³/mol. The van der Waals surface area contributed by atoms with Crippen LogP contribution in [0.3, 0.4) is 0 Å². The number of hydrogen-bond acceptors (Lipinski definition) is 2. The van der Waals surface area contributed by atoms with E-state index in [0.717, 1.165) is 0 Å². The Hall–Kier alpha value is -1.75. The maximum atomic E-state index is 12.8. The van der Waals surface area contributed by atoms with Crippen molar-refractivity contribution in [3.63, 3.8) is 0 Å². The van der Waals surface area contributed by atoms with Crippen LogP contribution in [-0.4, -0.2) is 17.9 Å². The van der Waals surface area contributed by atoms with Crippen LogP contribution in [0.5, 0.6) is 5.75 Å². The van der Waals surface area contributed by atoms with Gasteiger partial charge in [-0.1, -0.05) is 44.2 Å². The number of rotatable bonds is 4. The van der Waals surface area contributed by atoms with Crippen LogP contribution >= 0.6 is 0 Å². The van der Waals surface area contributed by atoms with Crippen LogP contribution < -0.4 is 4.74 Å². The molecule has 0 aliphatic carbocycles. The molecule has 2 aromatic rings. The second-order valence-corrected chi connectivity index (χ2v) is 5.35. The smallest absolute Gasteiger partial charge is 0.418 e. The molecule has 5 heteroatoms. The molecule has 0 fully saturated rings. The maximum absolute atomic E-state index is 12.8. The fourth-order valence-electron chi connectivity index (χ4n) is 2.12. The number of halogens is 3. The molecule has 0 bridgehead atoms. The van der Waals surface area contributed by atoms with Crippen molar-refractivity contribution in [2.45, 2.75) is 26.1 Å². The van der Waals surface area contributed by atoms with Gasteiger partial charge in [-0.05, 0) is 17.4 Å². The lowest BCUT2D eigenvalue weighted by molar-refractivity contribution is -0.206. The molecule has 1 atom stereocenters. The molecule has 114 valence electrons. The van der Waals surface area contributed by atoms with Crippen LogP contribution in [0, 0.1) is 5.92 Å². The van der Waals surface area contributed by atoms with E-state index in [4.69, 9.17) is 4.74 Å². The van der Waals surface area contributed by atoms with Crippen molar-refractivity contribution in [3.05, 3.63) is 42.0 Å². The zero-order valence-electron chi connectivity index (χ0n) is 11.8. The van der Waals surface area contributed by atoms with Crippen molar-refractivity contribution in [1.29, 1.82) is 0 Å². The van der Waals surface area contributed by atoms with E-state index < -0.39 is 12.3 Å². The molecule has 0 saturated carbocycles. The van der Waals surface area contributed by atoms with Gasteiger partial charge in [-0.3, -0.25) is 0 Å². The highest BCUT2D eigenvalue weighted by Gasteiger charge is 2.40. The van der Waals surface area contributed by atoms with E-state index in [0.29, 0.717) is 23.1 Å². The van der Waals surface area contributed by atoms with Crippen molar-refractivity contribution >= 4 is 10.8 Å². The van der Waals surface area contributed by atoms with Crippen molar-refractivity contribution in [3.8, 4) is 5.75 Å². The molecule has 0 saturated heterocycles. The number of ether oxygens (including phenoxy) is 1. The molecular weight excluding hydrogens is 281 g/mol. The van der Waals surface area contributed by atoms with Crippen molar-refractivity contribution in [2.24, 2.45) is 5.92 Å². The summed E-state index contributed by atoms with van der Waals surface area (Å²) in [5, 5.41) is 10.5. The van der Waals surface area contributed by atoms with Gasteiger partial charge in [-0.25, -0.2) is 0 Å². The maximum Gasteiger partial charge on any atom is 0.418 e. The second-order valence-electron chi connectivity index (χ2n) is 5.35. The quantitative estimate of drug-likeness (QED) is 0.902. The average Bonchev–Trinajstić information content (AvgIpc) is 2.42. The molecule has 1 unspecified atom stereocenters. The summed E-state index contributed by atoms with van der Waals surface area (Å²) in [7, 11) is 0. The summed E-state index contributed by atoms with van der Waals surface area (Å²) < 4.78 is 44.1. The third kappa shape index (κ3) is 3.47. The Balaban J connectivity index is 2.55. The van der Waals surface area contributed by atoms with Gasteiger partial charge in [-0.15, -0.1) is 0 Å². The van der Waals surface area contributed by atoms with E-state index in [1.54, 1.807) is 24.3 Å². The van der Waals surface area contributed by atoms with Crippen LogP contribution in [0.15, 0.2) is 36.4 Å². The zero-order chi connectivity index (χ0) is 15.6. The van der Waals surface area contributed by atoms with Crippen LogP contribution in [0.4, 0.5) is 13.2 Å². The Kier molecular flexibility index (Phi) is 4.42. The molecule has 0 radical (unpaired) electrons. The predicted octanol–water partition coefficient (Wildman–Crippen LogP) is 4.47. The molecule has 2 aromatic carbocycles. The van der Waals surface area contributed by atoms with Crippen LogP contribution in [0.2, 0.25) is 0 Å². The van der Waals surface area contributed by atoms with Crippen LogP contribution in [-0.2, 0) is 0 Å². The molecule has 0 aliphatic rings. The van der Waals surface area contributed by atoms with E-state index >= 15 is 0 Å². The average molecular weight is 298 g/mol. The molecule has 2 nitrogen and oxygen atoms in total. The Bertz CT molecular complexity index is 615. The summed E-state index contributed by atoms with van der Waals surface area (Å²) in [5.74, 6) is 0.611. The highest BCUT2D eigenvalue weighted by molar-refractivity contribution is 5.91. The fraction of sp³-hybridized carbons (Fsp3) is 0.375. The van der Waals surface area contributed by atoms with Gasteiger partial charge < -0.3 is 9.84 Å². The van der Waals surface area contributed by atoms with E-state index in [1.165, 1.54) is 12.1 Å². The number of aliphatic hydroxyl groups is 1. The minimum atomic E-state index is -4.71. The third-order valence-electron chi connectivity index (χ3n) is 3.08. The van der Waals surface area contributed by atoms with Gasteiger partial charge in [0.2, 0.25) is 0 Å². The number of alkyl halides is 3. The molecule has 2 rings (SSSR count). The largest absolute Gasteiger partial charge is 0.493 e. The van der Waals surface area contributed by atoms with E-state index in [1.807, 2.05) is 13.8 Å². The highest BCUT2D eigenvalue weighted by atomic mass is 19.4. The Morgan fingerprint density at radius 3 is 2.29 bits per heavy atom. The summed E-state index contributed by atoms with van der Waals surface area (Å²) in [6.07, 6.45) is -7.23. The summed E-state index contributed by atoms with van der Waals surface area (Å²) in [6, 6.07) is 9.52. The lowest BCUT2D eigenvalue weighted by Crippen LogP contribution is -2.20. The monoisotopic (exact) mass is 298 g/mol. The molecular formula is C16H17F3O2. The van der Waals surface area contributed by atoms with Gasteiger partial charge in [-0.2, -0.15) is 13.2 Å². The van der Waals surface area contributed by atoms with Crippen molar-refractivity contribution in [2.75, 3.05) is 6.61 Å². The van der Waals surface area contributed by atoms with Crippen molar-refractivity contribution in [1.82, 2.24) is 0 Å².